The van der Waals surface area contributed by atoms with Crippen molar-refractivity contribution in [2.45, 2.75) is 45.1 Å². The van der Waals surface area contributed by atoms with Crippen LogP contribution in [0.5, 0.6) is 0 Å². The smallest absolute Gasteiger partial charge is 0.267 e. The zero-order valence-corrected chi connectivity index (χ0v) is 19.4. The summed E-state index contributed by atoms with van der Waals surface area (Å²) >= 11 is 6.58. The normalized spacial score (nSPS) is 19.0. The molecule has 0 aromatic carbocycles. The molecule has 0 radical (unpaired) electrons. The Morgan fingerprint density at radius 3 is 2.81 bits per heavy atom. The van der Waals surface area contributed by atoms with E-state index in [0.29, 0.717) is 39.4 Å². The monoisotopic (exact) mass is 458 g/mol. The van der Waals surface area contributed by atoms with E-state index in [-0.39, 0.29) is 17.5 Å². The molecule has 2 aromatic rings. The van der Waals surface area contributed by atoms with E-state index < -0.39 is 0 Å². The molecule has 0 spiro atoms. The topological polar surface area (TPSA) is 75.9 Å². The van der Waals surface area contributed by atoms with Crippen LogP contribution in [0.2, 0.25) is 0 Å². The first-order valence-electron chi connectivity index (χ1n) is 10.5. The molecule has 0 unspecified atom stereocenters. The minimum absolute atomic E-state index is 0.200. The van der Waals surface area contributed by atoms with Gasteiger partial charge in [0, 0.05) is 19.3 Å². The second-order valence-corrected chi connectivity index (χ2v) is 9.60. The number of rotatable bonds is 6. The molecule has 2 aromatic heterocycles. The quantitative estimate of drug-likeness (QED) is 0.524. The fraction of sp³-hybridized carbons (Fsp3) is 0.455. The van der Waals surface area contributed by atoms with Crippen molar-refractivity contribution in [1.82, 2.24) is 14.3 Å². The van der Waals surface area contributed by atoms with Gasteiger partial charge in [-0.1, -0.05) is 49.3 Å². The van der Waals surface area contributed by atoms with Crippen molar-refractivity contribution >= 4 is 51.7 Å². The molecule has 2 fully saturated rings. The van der Waals surface area contributed by atoms with Crippen LogP contribution in [-0.4, -0.2) is 50.8 Å². The Hall–Kier alpha value is -2.23. The van der Waals surface area contributed by atoms with Gasteiger partial charge in [0.15, 0.2) is 0 Å². The fourth-order valence-corrected chi connectivity index (χ4v) is 5.24. The second-order valence-electron chi connectivity index (χ2n) is 7.92. The van der Waals surface area contributed by atoms with Crippen molar-refractivity contribution in [3.63, 3.8) is 0 Å². The predicted molar refractivity (Wildman–Crippen MR) is 128 cm³/mol. The van der Waals surface area contributed by atoms with Gasteiger partial charge in [-0.25, -0.2) is 4.98 Å². The molecule has 1 amide bonds. The molecule has 1 saturated carbocycles. The van der Waals surface area contributed by atoms with E-state index >= 15 is 0 Å². The van der Waals surface area contributed by atoms with Gasteiger partial charge in [-0.3, -0.25) is 18.9 Å². The van der Waals surface area contributed by atoms with Crippen LogP contribution >= 0.6 is 24.0 Å². The van der Waals surface area contributed by atoms with Crippen LogP contribution in [0.25, 0.3) is 11.7 Å². The Bertz CT molecular complexity index is 1110. The Labute approximate surface area is 190 Å². The Kier molecular flexibility index (Phi) is 6.74. The first-order chi connectivity index (χ1) is 15.0. The third-order valence-electron chi connectivity index (χ3n) is 5.62. The summed E-state index contributed by atoms with van der Waals surface area (Å²) in [7, 11) is 1.58. The molecule has 0 atom stereocenters. The van der Waals surface area contributed by atoms with Gasteiger partial charge in [0.05, 0.1) is 23.6 Å². The second kappa shape index (κ2) is 9.50. The number of fused-ring (bicyclic) bond motifs is 1. The van der Waals surface area contributed by atoms with Crippen LogP contribution in [0.1, 0.15) is 43.2 Å². The van der Waals surface area contributed by atoms with Crippen molar-refractivity contribution < 1.29 is 9.53 Å². The van der Waals surface area contributed by atoms with Gasteiger partial charge in [-0.15, -0.1) is 0 Å². The Morgan fingerprint density at radius 2 is 2.06 bits per heavy atom. The molecule has 9 heteroatoms. The van der Waals surface area contributed by atoms with Crippen molar-refractivity contribution in [3.8, 4) is 0 Å². The molecule has 1 saturated heterocycles. The van der Waals surface area contributed by atoms with Gasteiger partial charge in [-0.05, 0) is 37.5 Å². The number of aromatic nitrogens is 2. The number of anilines is 1. The van der Waals surface area contributed by atoms with E-state index in [4.69, 9.17) is 21.9 Å². The van der Waals surface area contributed by atoms with E-state index in [1.807, 2.05) is 19.1 Å². The summed E-state index contributed by atoms with van der Waals surface area (Å²) in [6, 6.07) is 4.06. The van der Waals surface area contributed by atoms with Gasteiger partial charge in [0.2, 0.25) is 0 Å². The highest BCUT2D eigenvalue weighted by atomic mass is 32.2. The van der Waals surface area contributed by atoms with E-state index in [9.17, 15) is 9.59 Å². The van der Waals surface area contributed by atoms with Crippen LogP contribution in [0, 0.1) is 6.92 Å². The standard InChI is InChI=1S/C22H26N4O3S2/c1-14-8-9-18-24-19(23-15-6-4-3-5-7-15)16(20(27)26(18)13-14)12-17-21(28)25(10-11-29-2)22(30)31-17/h8-9,12-13,15,23H,3-7,10-11H2,1-2H3/b17-12+. The predicted octanol–water partition coefficient (Wildman–Crippen LogP) is 3.60. The number of hydrogen-bond acceptors (Lipinski definition) is 7. The molecule has 1 aliphatic carbocycles. The van der Waals surface area contributed by atoms with Crippen molar-refractivity contribution in [3.05, 3.63) is 44.7 Å². The molecular formula is C22H26N4O3S2. The highest BCUT2D eigenvalue weighted by Gasteiger charge is 2.32. The Balaban J connectivity index is 1.77. The molecule has 31 heavy (non-hydrogen) atoms. The molecule has 2 aliphatic rings. The van der Waals surface area contributed by atoms with Gasteiger partial charge < -0.3 is 10.1 Å². The number of amides is 1. The lowest BCUT2D eigenvalue weighted by Gasteiger charge is -2.24. The average Bonchev–Trinajstić information content (AvgIpc) is 3.03. The van der Waals surface area contributed by atoms with Gasteiger partial charge in [0.1, 0.15) is 15.8 Å². The summed E-state index contributed by atoms with van der Waals surface area (Å²) in [4.78, 5) is 33.0. The number of carbonyl (C=O) groups is 1. The summed E-state index contributed by atoms with van der Waals surface area (Å²) in [6.45, 7) is 2.72. The SMILES string of the molecule is COCCN1C(=O)/C(=C\c2c(NC3CCCCC3)nc3ccc(C)cn3c2=O)SC1=S. The third kappa shape index (κ3) is 4.68. The van der Waals surface area contributed by atoms with E-state index in [0.717, 1.165) is 31.2 Å². The van der Waals surface area contributed by atoms with Crippen LogP contribution in [0.4, 0.5) is 5.82 Å². The molecule has 4 rings (SSSR count). The van der Waals surface area contributed by atoms with Crippen LogP contribution in [0.3, 0.4) is 0 Å². The fourth-order valence-electron chi connectivity index (χ4n) is 3.95. The van der Waals surface area contributed by atoms with Gasteiger partial charge in [-0.2, -0.15) is 0 Å². The third-order valence-corrected chi connectivity index (χ3v) is 7.00. The maximum atomic E-state index is 13.4. The first-order valence-corrected chi connectivity index (χ1v) is 11.7. The number of thioether (sulfide) groups is 1. The largest absolute Gasteiger partial charge is 0.383 e. The molecule has 7 nitrogen and oxygen atoms in total. The minimum Gasteiger partial charge on any atom is -0.383 e. The number of hydrogen-bond donors (Lipinski definition) is 1. The molecule has 164 valence electrons. The maximum Gasteiger partial charge on any atom is 0.267 e. The van der Waals surface area contributed by atoms with E-state index in [2.05, 4.69) is 5.32 Å². The number of carbonyl (C=O) groups excluding carboxylic acids is 1. The van der Waals surface area contributed by atoms with Crippen molar-refractivity contribution in [1.29, 1.82) is 0 Å². The summed E-state index contributed by atoms with van der Waals surface area (Å²) < 4.78 is 7.09. The number of thiocarbonyl (C=S) groups is 1. The van der Waals surface area contributed by atoms with Crippen LogP contribution < -0.4 is 10.9 Å². The lowest BCUT2D eigenvalue weighted by molar-refractivity contribution is -0.122. The molecule has 3 heterocycles. The van der Waals surface area contributed by atoms with Crippen molar-refractivity contribution in [2.75, 3.05) is 25.6 Å². The Morgan fingerprint density at radius 1 is 1.29 bits per heavy atom. The highest BCUT2D eigenvalue weighted by Crippen LogP contribution is 2.33. The maximum absolute atomic E-state index is 13.4. The summed E-state index contributed by atoms with van der Waals surface area (Å²) in [6.07, 6.45) is 9.08. The number of pyridine rings is 1. The number of nitrogens with one attached hydrogen (secondary N) is 1. The van der Waals surface area contributed by atoms with Crippen molar-refractivity contribution in [2.24, 2.45) is 0 Å². The minimum atomic E-state index is -0.204. The summed E-state index contributed by atoms with van der Waals surface area (Å²) in [5, 5.41) is 3.49. The number of nitrogens with zero attached hydrogens (tertiary/aromatic N) is 3. The first kappa shape index (κ1) is 22.0. The van der Waals surface area contributed by atoms with Crippen LogP contribution in [0.15, 0.2) is 28.0 Å². The summed E-state index contributed by atoms with van der Waals surface area (Å²) in [5.41, 5.74) is 1.73. The molecule has 1 N–H and O–H groups in total. The highest BCUT2D eigenvalue weighted by molar-refractivity contribution is 8.26. The van der Waals surface area contributed by atoms with E-state index in [1.54, 1.807) is 23.8 Å². The van der Waals surface area contributed by atoms with Gasteiger partial charge >= 0.3 is 0 Å². The molecule has 0 bridgehead atoms. The van der Waals surface area contributed by atoms with Gasteiger partial charge in [0.25, 0.3) is 11.5 Å². The number of ether oxygens (including phenoxy) is 1. The van der Waals surface area contributed by atoms with Crippen LogP contribution in [-0.2, 0) is 9.53 Å². The average molecular weight is 459 g/mol. The lowest BCUT2D eigenvalue weighted by Crippen LogP contribution is -2.31. The number of aryl methyl sites for hydroxylation is 1. The number of methoxy groups -OCH3 is 1. The molecule has 1 aliphatic heterocycles. The lowest BCUT2D eigenvalue weighted by atomic mass is 9.95. The molecular weight excluding hydrogens is 432 g/mol. The zero-order valence-electron chi connectivity index (χ0n) is 17.7. The van der Waals surface area contributed by atoms with E-state index in [1.165, 1.54) is 23.1 Å². The zero-order chi connectivity index (χ0) is 22.0. The summed E-state index contributed by atoms with van der Waals surface area (Å²) in [5.74, 6) is 0.326.